The van der Waals surface area contributed by atoms with Crippen LogP contribution in [0.5, 0.6) is 0 Å². The molecule has 19 heteroatoms. The molecule has 2 unspecified atom stereocenters. The van der Waals surface area contributed by atoms with Crippen LogP contribution in [0.25, 0.3) is 0 Å². The van der Waals surface area contributed by atoms with Crippen LogP contribution in [0.3, 0.4) is 0 Å². The van der Waals surface area contributed by atoms with Crippen LogP contribution in [0.1, 0.15) is 387 Å². The van der Waals surface area contributed by atoms with Crippen LogP contribution in [0.4, 0.5) is 0 Å². The molecule has 546 valence electrons. The highest BCUT2D eigenvalue weighted by Crippen LogP contribution is 2.45. The summed E-state index contributed by atoms with van der Waals surface area (Å²) in [5, 5.41) is 10.6. The minimum atomic E-state index is -4.95. The van der Waals surface area contributed by atoms with Crippen molar-refractivity contribution in [3.63, 3.8) is 0 Å². The molecule has 0 aromatic carbocycles. The smallest absolute Gasteiger partial charge is 0.462 e. The molecule has 0 aliphatic carbocycles. The number of phosphoric ester groups is 2. The maximum Gasteiger partial charge on any atom is 0.472 e. The van der Waals surface area contributed by atoms with Crippen molar-refractivity contribution in [3.8, 4) is 0 Å². The van der Waals surface area contributed by atoms with Gasteiger partial charge in [0.25, 0.3) is 0 Å². The van der Waals surface area contributed by atoms with E-state index in [2.05, 4.69) is 27.7 Å². The van der Waals surface area contributed by atoms with Crippen molar-refractivity contribution in [3.05, 3.63) is 0 Å². The first-order valence-corrected chi connectivity index (χ1v) is 41.3. The van der Waals surface area contributed by atoms with Gasteiger partial charge in [-0.3, -0.25) is 37.3 Å². The summed E-state index contributed by atoms with van der Waals surface area (Å²) in [5.74, 6) is -2.13. The van der Waals surface area contributed by atoms with Crippen molar-refractivity contribution >= 4 is 39.5 Å². The fourth-order valence-corrected chi connectivity index (χ4v) is 12.8. The fraction of sp³-hybridized carbons (Fsp3) is 0.945. The van der Waals surface area contributed by atoms with Gasteiger partial charge in [0, 0.05) is 25.7 Å². The molecule has 0 amide bonds. The summed E-state index contributed by atoms with van der Waals surface area (Å²) in [6.07, 6.45) is 57.2. The first-order chi connectivity index (χ1) is 44.7. The molecule has 0 spiro atoms. The number of rotatable bonds is 74. The van der Waals surface area contributed by atoms with Crippen LogP contribution in [-0.4, -0.2) is 96.7 Å². The summed E-state index contributed by atoms with van der Waals surface area (Å²) >= 11 is 0. The predicted molar refractivity (Wildman–Crippen MR) is 372 cm³/mol. The Kier molecular flexibility index (Phi) is 66.2. The SMILES string of the molecule is CCCCCCCCCCCCCCCCCCCCCC(=O)O[C@H](COC(=O)CCCCCCCCCCCCCCCC)COP(=O)(O)OC[C@@H](O)COP(=O)(O)OC[C@@H](COC(=O)CCCCCCC)OC(=O)CCCCCCCCCCCCCCCC. The normalized spacial score (nSPS) is 13.9. The molecule has 3 N–H and O–H groups in total. The van der Waals surface area contributed by atoms with Crippen LogP contribution in [0.15, 0.2) is 0 Å². The third kappa shape index (κ3) is 66.7. The van der Waals surface area contributed by atoms with Crippen LogP contribution in [-0.2, 0) is 65.4 Å². The Balaban J connectivity index is 5.13. The lowest BCUT2D eigenvalue weighted by molar-refractivity contribution is -0.161. The number of unbranched alkanes of at least 4 members (excludes halogenated alkanes) is 48. The Bertz CT molecular complexity index is 1760. The molecule has 0 heterocycles. The van der Waals surface area contributed by atoms with Gasteiger partial charge in [0.15, 0.2) is 12.2 Å². The van der Waals surface area contributed by atoms with Crippen LogP contribution < -0.4 is 0 Å². The molecule has 92 heavy (non-hydrogen) atoms. The van der Waals surface area contributed by atoms with E-state index in [0.29, 0.717) is 25.7 Å². The van der Waals surface area contributed by atoms with Crippen LogP contribution >= 0.6 is 15.6 Å². The van der Waals surface area contributed by atoms with E-state index >= 15 is 0 Å². The Labute approximate surface area is 562 Å². The van der Waals surface area contributed by atoms with Crippen molar-refractivity contribution < 1.29 is 80.2 Å². The van der Waals surface area contributed by atoms with Crippen molar-refractivity contribution in [1.29, 1.82) is 0 Å². The third-order valence-corrected chi connectivity index (χ3v) is 19.0. The molecular weight excluding hydrogens is 1210 g/mol. The molecule has 17 nitrogen and oxygen atoms in total. The van der Waals surface area contributed by atoms with Crippen LogP contribution in [0.2, 0.25) is 0 Å². The average Bonchev–Trinajstić information content (AvgIpc) is 3.67. The summed E-state index contributed by atoms with van der Waals surface area (Å²) in [5.41, 5.74) is 0. The molecule has 0 saturated carbocycles. The number of phosphoric acid groups is 2. The number of hydrogen-bond donors (Lipinski definition) is 3. The zero-order chi connectivity index (χ0) is 67.5. The van der Waals surface area contributed by atoms with Crippen LogP contribution in [0, 0.1) is 0 Å². The molecule has 0 bridgehead atoms. The molecule has 0 aliphatic rings. The van der Waals surface area contributed by atoms with Crippen molar-refractivity contribution in [2.75, 3.05) is 39.6 Å². The van der Waals surface area contributed by atoms with Crippen molar-refractivity contribution in [1.82, 2.24) is 0 Å². The number of esters is 4. The Hall–Kier alpha value is -1.94. The van der Waals surface area contributed by atoms with Crippen molar-refractivity contribution in [2.45, 2.75) is 406 Å². The van der Waals surface area contributed by atoms with Gasteiger partial charge in [0.1, 0.15) is 19.3 Å². The van der Waals surface area contributed by atoms with E-state index in [1.54, 1.807) is 0 Å². The molecule has 0 rings (SSSR count). The van der Waals surface area contributed by atoms with E-state index in [1.807, 2.05) is 0 Å². The zero-order valence-corrected chi connectivity index (χ0v) is 61.3. The number of ether oxygens (including phenoxy) is 4. The van der Waals surface area contributed by atoms with Gasteiger partial charge < -0.3 is 33.8 Å². The first-order valence-electron chi connectivity index (χ1n) is 38.3. The largest absolute Gasteiger partial charge is 0.472 e. The number of aliphatic hydroxyl groups excluding tert-OH is 1. The number of hydrogen-bond acceptors (Lipinski definition) is 15. The van der Waals surface area contributed by atoms with Gasteiger partial charge in [-0.2, -0.15) is 0 Å². The molecule has 0 aromatic heterocycles. The standard InChI is InChI=1S/C73H142O17P2/c1-5-9-13-17-20-23-26-29-32-33-34-35-36-39-42-45-48-52-56-60-73(78)90-69(64-84-71(76)58-54-50-46-43-40-37-30-27-24-21-18-14-10-6-2)66-88-92(81,82)86-62-67(74)61-85-91(79,80)87-65-68(63-83-70(75)57-53-49-16-12-8-4)89-72(77)59-55-51-47-44-41-38-31-28-25-22-19-15-11-7-3/h67-69,74H,5-66H2,1-4H3,(H,79,80)(H,81,82)/t67-,68+,69+/m0/s1. The predicted octanol–water partition coefficient (Wildman–Crippen LogP) is 21.4. The topological polar surface area (TPSA) is 237 Å². The van der Waals surface area contributed by atoms with E-state index in [-0.39, 0.29) is 25.7 Å². The number of carbonyl (C=O) groups is 4. The second kappa shape index (κ2) is 67.6. The summed E-state index contributed by atoms with van der Waals surface area (Å²) < 4.78 is 68.2. The molecule has 0 aromatic rings. The first kappa shape index (κ1) is 90.1. The summed E-state index contributed by atoms with van der Waals surface area (Å²) in [6.45, 7) is 4.89. The highest BCUT2D eigenvalue weighted by atomic mass is 31.2. The monoisotopic (exact) mass is 1350 g/mol. The quantitative estimate of drug-likeness (QED) is 0.0222. The van der Waals surface area contributed by atoms with E-state index in [9.17, 15) is 43.2 Å². The zero-order valence-electron chi connectivity index (χ0n) is 59.5. The molecule has 0 saturated heterocycles. The van der Waals surface area contributed by atoms with E-state index in [4.69, 9.17) is 37.0 Å². The van der Waals surface area contributed by atoms with E-state index in [0.717, 1.165) is 96.3 Å². The highest BCUT2D eigenvalue weighted by molar-refractivity contribution is 7.47. The van der Waals surface area contributed by atoms with E-state index < -0.39 is 97.5 Å². The maximum atomic E-state index is 13.0. The summed E-state index contributed by atoms with van der Waals surface area (Å²) in [6, 6.07) is 0. The molecule has 0 aliphatic heterocycles. The second-order valence-corrected chi connectivity index (χ2v) is 29.2. The molecule has 0 radical (unpaired) electrons. The maximum absolute atomic E-state index is 13.0. The summed E-state index contributed by atoms with van der Waals surface area (Å²) in [4.78, 5) is 72.4. The minimum Gasteiger partial charge on any atom is -0.462 e. The highest BCUT2D eigenvalue weighted by Gasteiger charge is 2.30. The minimum absolute atomic E-state index is 0.107. The second-order valence-electron chi connectivity index (χ2n) is 26.3. The van der Waals surface area contributed by atoms with Gasteiger partial charge in [0.2, 0.25) is 0 Å². The van der Waals surface area contributed by atoms with Gasteiger partial charge in [-0.15, -0.1) is 0 Å². The number of carbonyl (C=O) groups excluding carboxylic acids is 4. The van der Waals surface area contributed by atoms with Gasteiger partial charge in [-0.25, -0.2) is 9.13 Å². The summed E-state index contributed by atoms with van der Waals surface area (Å²) in [7, 11) is -9.89. The molecular formula is C73H142O17P2. The van der Waals surface area contributed by atoms with Gasteiger partial charge in [-0.05, 0) is 25.7 Å². The Morgan fingerprint density at radius 2 is 0.435 bits per heavy atom. The fourth-order valence-electron chi connectivity index (χ4n) is 11.2. The lowest BCUT2D eigenvalue weighted by Gasteiger charge is -2.21. The molecule has 0 fully saturated rings. The Morgan fingerprint density at radius 1 is 0.261 bits per heavy atom. The van der Waals surface area contributed by atoms with Gasteiger partial charge in [-0.1, -0.05) is 336 Å². The van der Waals surface area contributed by atoms with Crippen molar-refractivity contribution in [2.24, 2.45) is 0 Å². The Morgan fingerprint density at radius 3 is 0.641 bits per heavy atom. The number of aliphatic hydroxyl groups is 1. The molecule has 5 atom stereocenters. The lowest BCUT2D eigenvalue weighted by Crippen LogP contribution is -2.30. The van der Waals surface area contributed by atoms with Gasteiger partial charge in [0.05, 0.1) is 26.4 Å². The van der Waals surface area contributed by atoms with Gasteiger partial charge >= 0.3 is 39.5 Å². The average molecular weight is 1350 g/mol. The lowest BCUT2D eigenvalue weighted by atomic mass is 10.0. The van der Waals surface area contributed by atoms with E-state index in [1.165, 1.54) is 212 Å². The third-order valence-electron chi connectivity index (χ3n) is 17.1.